The standard InChI is InChI=1S/C14H15F3N4/c1-8-4-5-10(9(2)6-8)21(3)12-7-11(14(15,16)17)19-13(18)20-12/h4-7H,1-3H3,(H2,18,19,20). The third-order valence-corrected chi connectivity index (χ3v) is 3.08. The van der Waals surface area contributed by atoms with Crippen LogP contribution < -0.4 is 10.6 Å². The highest BCUT2D eigenvalue weighted by molar-refractivity contribution is 5.64. The van der Waals surface area contributed by atoms with E-state index in [1.165, 1.54) is 0 Å². The van der Waals surface area contributed by atoms with E-state index >= 15 is 0 Å². The van der Waals surface area contributed by atoms with E-state index in [1.807, 2.05) is 32.0 Å². The van der Waals surface area contributed by atoms with Gasteiger partial charge in [-0.05, 0) is 25.5 Å². The molecule has 2 rings (SSSR count). The second kappa shape index (κ2) is 5.23. The Bertz CT molecular complexity index is 668. The summed E-state index contributed by atoms with van der Waals surface area (Å²) in [7, 11) is 1.64. The number of aryl methyl sites for hydroxylation is 2. The molecule has 7 heteroatoms. The summed E-state index contributed by atoms with van der Waals surface area (Å²) >= 11 is 0. The first kappa shape index (κ1) is 15.1. The normalized spacial score (nSPS) is 11.5. The molecule has 21 heavy (non-hydrogen) atoms. The van der Waals surface area contributed by atoms with Gasteiger partial charge in [-0.1, -0.05) is 17.7 Å². The van der Waals surface area contributed by atoms with Crippen LogP contribution in [0, 0.1) is 13.8 Å². The molecule has 0 aliphatic carbocycles. The molecule has 1 aromatic carbocycles. The highest BCUT2D eigenvalue weighted by Gasteiger charge is 2.34. The quantitative estimate of drug-likeness (QED) is 0.922. The van der Waals surface area contributed by atoms with Gasteiger partial charge in [-0.15, -0.1) is 0 Å². The number of aromatic nitrogens is 2. The number of alkyl halides is 3. The first-order chi connectivity index (χ1) is 9.68. The fraction of sp³-hybridized carbons (Fsp3) is 0.286. The molecule has 4 nitrogen and oxygen atoms in total. The van der Waals surface area contributed by atoms with E-state index in [4.69, 9.17) is 5.73 Å². The van der Waals surface area contributed by atoms with Crippen LogP contribution in [0.25, 0.3) is 0 Å². The SMILES string of the molecule is Cc1ccc(N(C)c2cc(C(F)(F)F)nc(N)n2)c(C)c1. The van der Waals surface area contributed by atoms with Crippen molar-refractivity contribution in [3.63, 3.8) is 0 Å². The van der Waals surface area contributed by atoms with Gasteiger partial charge < -0.3 is 10.6 Å². The third kappa shape index (κ3) is 3.24. The number of rotatable bonds is 2. The van der Waals surface area contributed by atoms with Gasteiger partial charge >= 0.3 is 6.18 Å². The Hall–Kier alpha value is -2.31. The van der Waals surface area contributed by atoms with Crippen LogP contribution in [0.3, 0.4) is 0 Å². The van der Waals surface area contributed by atoms with Gasteiger partial charge in [0.15, 0.2) is 5.69 Å². The summed E-state index contributed by atoms with van der Waals surface area (Å²) in [5.41, 5.74) is 7.09. The van der Waals surface area contributed by atoms with Crippen molar-refractivity contribution in [3.8, 4) is 0 Å². The molecule has 0 radical (unpaired) electrons. The Balaban J connectivity index is 2.48. The highest BCUT2D eigenvalue weighted by Crippen LogP contribution is 2.32. The number of halogens is 3. The van der Waals surface area contributed by atoms with Gasteiger partial charge in [0.05, 0.1) is 0 Å². The average Bonchev–Trinajstić information content (AvgIpc) is 2.36. The van der Waals surface area contributed by atoms with Gasteiger partial charge in [0.2, 0.25) is 5.95 Å². The molecular formula is C14H15F3N4. The molecule has 0 saturated heterocycles. The summed E-state index contributed by atoms with van der Waals surface area (Å²) in [6.45, 7) is 3.83. The van der Waals surface area contributed by atoms with Gasteiger partial charge in [-0.25, -0.2) is 4.98 Å². The molecular weight excluding hydrogens is 281 g/mol. The molecule has 1 aromatic heterocycles. The van der Waals surface area contributed by atoms with Crippen LogP contribution in [0.2, 0.25) is 0 Å². The average molecular weight is 296 g/mol. The van der Waals surface area contributed by atoms with Crippen LogP contribution in [-0.2, 0) is 6.18 Å². The van der Waals surface area contributed by atoms with Gasteiger partial charge in [-0.3, -0.25) is 0 Å². The lowest BCUT2D eigenvalue weighted by Crippen LogP contribution is -2.17. The van der Waals surface area contributed by atoms with Crippen molar-refractivity contribution in [2.24, 2.45) is 0 Å². The van der Waals surface area contributed by atoms with Gasteiger partial charge in [0, 0.05) is 18.8 Å². The van der Waals surface area contributed by atoms with Crippen LogP contribution in [0.15, 0.2) is 24.3 Å². The van der Waals surface area contributed by atoms with Crippen LogP contribution in [-0.4, -0.2) is 17.0 Å². The molecule has 0 saturated carbocycles. The maximum Gasteiger partial charge on any atom is 0.433 e. The molecule has 0 amide bonds. The predicted octanol–water partition coefficient (Wildman–Crippen LogP) is 3.46. The zero-order valence-electron chi connectivity index (χ0n) is 11.9. The van der Waals surface area contributed by atoms with Crippen LogP contribution in [0.1, 0.15) is 16.8 Å². The van der Waals surface area contributed by atoms with E-state index in [0.29, 0.717) is 0 Å². The van der Waals surface area contributed by atoms with E-state index in [1.54, 1.807) is 11.9 Å². The summed E-state index contributed by atoms with van der Waals surface area (Å²) < 4.78 is 38.3. The molecule has 0 unspecified atom stereocenters. The van der Waals surface area contributed by atoms with Crippen molar-refractivity contribution in [3.05, 3.63) is 41.1 Å². The summed E-state index contributed by atoms with van der Waals surface area (Å²) in [5.74, 6) is -0.307. The van der Waals surface area contributed by atoms with Gasteiger partial charge in [0.1, 0.15) is 5.82 Å². The molecule has 0 spiro atoms. The van der Waals surface area contributed by atoms with E-state index in [2.05, 4.69) is 9.97 Å². The van der Waals surface area contributed by atoms with Crippen molar-refractivity contribution in [2.75, 3.05) is 17.7 Å². The summed E-state index contributed by atoms with van der Waals surface area (Å²) in [6.07, 6.45) is -4.56. The van der Waals surface area contributed by atoms with Crippen molar-refractivity contribution in [1.29, 1.82) is 0 Å². The maximum absolute atomic E-state index is 12.8. The fourth-order valence-corrected chi connectivity index (χ4v) is 2.07. The monoisotopic (exact) mass is 296 g/mol. The molecule has 0 aliphatic heterocycles. The number of hydrogen-bond donors (Lipinski definition) is 1. The lowest BCUT2D eigenvalue weighted by atomic mass is 10.1. The van der Waals surface area contributed by atoms with Crippen LogP contribution in [0.4, 0.5) is 30.6 Å². The van der Waals surface area contributed by atoms with Crippen LogP contribution >= 0.6 is 0 Å². The topological polar surface area (TPSA) is 55.0 Å². The summed E-state index contributed by atoms with van der Waals surface area (Å²) in [4.78, 5) is 8.67. The smallest absolute Gasteiger partial charge is 0.368 e. The molecule has 112 valence electrons. The lowest BCUT2D eigenvalue weighted by Gasteiger charge is -2.21. The Kier molecular flexibility index (Phi) is 3.76. The van der Waals surface area contributed by atoms with E-state index in [-0.39, 0.29) is 5.82 Å². The Morgan fingerprint density at radius 2 is 1.76 bits per heavy atom. The van der Waals surface area contributed by atoms with Gasteiger partial charge in [-0.2, -0.15) is 18.2 Å². The third-order valence-electron chi connectivity index (χ3n) is 3.08. The molecule has 1 heterocycles. The fourth-order valence-electron chi connectivity index (χ4n) is 2.07. The number of nitrogens with two attached hydrogens (primary N) is 1. The van der Waals surface area contributed by atoms with Gasteiger partial charge in [0.25, 0.3) is 0 Å². The number of hydrogen-bond acceptors (Lipinski definition) is 4. The minimum atomic E-state index is -4.56. The zero-order chi connectivity index (χ0) is 15.8. The molecule has 0 fully saturated rings. The lowest BCUT2D eigenvalue weighted by molar-refractivity contribution is -0.141. The first-order valence-electron chi connectivity index (χ1n) is 6.21. The molecule has 2 N–H and O–H groups in total. The number of benzene rings is 1. The van der Waals surface area contributed by atoms with Crippen molar-refractivity contribution in [2.45, 2.75) is 20.0 Å². The minimum absolute atomic E-state index is 0.0989. The minimum Gasteiger partial charge on any atom is -0.368 e. The van der Waals surface area contributed by atoms with Crippen molar-refractivity contribution < 1.29 is 13.2 Å². The van der Waals surface area contributed by atoms with Crippen molar-refractivity contribution >= 4 is 17.5 Å². The number of anilines is 3. The van der Waals surface area contributed by atoms with Crippen molar-refractivity contribution in [1.82, 2.24) is 9.97 Å². The second-order valence-corrected chi connectivity index (χ2v) is 4.82. The molecule has 2 aromatic rings. The predicted molar refractivity (Wildman–Crippen MR) is 75.4 cm³/mol. The Labute approximate surface area is 120 Å². The summed E-state index contributed by atoms with van der Waals surface area (Å²) in [6, 6.07) is 6.54. The number of nitrogen functional groups attached to an aromatic ring is 1. The van der Waals surface area contributed by atoms with Crippen LogP contribution in [0.5, 0.6) is 0 Å². The molecule has 0 atom stereocenters. The largest absolute Gasteiger partial charge is 0.433 e. The number of nitrogens with zero attached hydrogens (tertiary/aromatic N) is 3. The Morgan fingerprint density at radius 1 is 1.10 bits per heavy atom. The van der Waals surface area contributed by atoms with E-state index in [9.17, 15) is 13.2 Å². The first-order valence-corrected chi connectivity index (χ1v) is 6.21. The van der Waals surface area contributed by atoms with E-state index in [0.717, 1.165) is 22.9 Å². The zero-order valence-corrected chi connectivity index (χ0v) is 11.9. The molecule has 0 bridgehead atoms. The molecule has 0 aliphatic rings. The maximum atomic E-state index is 12.8. The summed E-state index contributed by atoms with van der Waals surface area (Å²) in [5, 5.41) is 0. The highest BCUT2D eigenvalue weighted by atomic mass is 19.4. The Morgan fingerprint density at radius 3 is 2.33 bits per heavy atom. The second-order valence-electron chi connectivity index (χ2n) is 4.82. The van der Waals surface area contributed by atoms with E-state index < -0.39 is 17.8 Å².